The van der Waals surface area contributed by atoms with Crippen LogP contribution < -0.4 is 31.3 Å². The van der Waals surface area contributed by atoms with Crippen LogP contribution in [0.1, 0.15) is 112 Å². The second kappa shape index (κ2) is 25.6. The molecule has 5 aliphatic rings. The minimum atomic E-state index is -4.46. The van der Waals surface area contributed by atoms with Crippen LogP contribution in [-0.4, -0.2) is 94.9 Å². The maximum Gasteiger partial charge on any atom is 0.416 e. The number of nitrogens with zero attached hydrogens (tertiary/aromatic N) is 1. The molecule has 0 spiro atoms. The van der Waals surface area contributed by atoms with Crippen molar-refractivity contribution in [3.63, 3.8) is 0 Å². The maximum absolute atomic E-state index is 14.9. The van der Waals surface area contributed by atoms with Crippen molar-refractivity contribution in [3.05, 3.63) is 95.3 Å². The molecule has 0 radical (unpaired) electrons. The zero-order valence-electron chi connectivity index (χ0n) is 42.0. The molecule has 406 valence electrons. The number of halogens is 4. The number of ether oxygens (including phenoxy) is 3. The lowest BCUT2D eigenvalue weighted by molar-refractivity contribution is -0.137. The van der Waals surface area contributed by atoms with Gasteiger partial charge in [-0.25, -0.2) is 14.0 Å². The third-order valence-corrected chi connectivity index (χ3v) is 18.1. The number of benzene rings is 3. The molecule has 4 saturated heterocycles. The van der Waals surface area contributed by atoms with Gasteiger partial charge in [0, 0.05) is 29.9 Å². The number of alkyl halides is 3. The Morgan fingerprint density at radius 3 is 2.04 bits per heavy atom. The molecule has 75 heavy (non-hydrogen) atoms. The molecule has 15 nitrogen and oxygen atoms in total. The zero-order chi connectivity index (χ0) is 53.2. The molecule has 5 fully saturated rings. The zero-order valence-corrected chi connectivity index (χ0v) is 43.7. The minimum absolute atomic E-state index is 0.0383. The number of carbonyl (C=O) groups is 6. The highest BCUT2D eigenvalue weighted by molar-refractivity contribution is 8.00. The molecule has 0 aromatic heterocycles. The Hall–Kier alpha value is -5.38. The Morgan fingerprint density at radius 2 is 1.37 bits per heavy atom. The van der Waals surface area contributed by atoms with E-state index in [0.717, 1.165) is 62.6 Å². The largest absolute Gasteiger partial charge is 0.457 e. The number of nitrogens with one attached hydrogen (secondary N) is 5. The standard InChI is InChI=1S/C54H66F4N6O9S2/c1-3-71-52(69)63-48(67)41-28-39(75-51(41)60-46(65)34-13-19-37(20-14-34)73-38-21-17-36(55)18-22-38)23-25-72-53(70)62-47(66)40-24-26-74-50(40)61-49(68)42-30-64-43(32-11-15-35(16-12-32)54(56,57)58)29-59-44(64)27-31(2)45(42)33-9-7-5-4-6-8-10-33/h11-22,31,33,39-45,50-51,59H,3-10,23-30H2,1-2H3,(H,60,65)(H,61,68)(H,62,66,70)(H,63,67,69). The van der Waals surface area contributed by atoms with Gasteiger partial charge in [-0.3, -0.25) is 40.0 Å². The van der Waals surface area contributed by atoms with Crippen LogP contribution in [0.25, 0.3) is 0 Å². The van der Waals surface area contributed by atoms with E-state index < -0.39 is 76.0 Å². The van der Waals surface area contributed by atoms with Crippen molar-refractivity contribution in [1.29, 1.82) is 0 Å². The molecule has 8 rings (SSSR count). The molecule has 4 heterocycles. The fourth-order valence-electron chi connectivity index (χ4n) is 11.5. The van der Waals surface area contributed by atoms with Gasteiger partial charge in [-0.05, 0) is 122 Å². The number of fused-ring (bicyclic) bond motifs is 1. The van der Waals surface area contributed by atoms with Gasteiger partial charge in [0.2, 0.25) is 17.7 Å². The Bertz CT molecular complexity index is 2470. The van der Waals surface area contributed by atoms with Gasteiger partial charge in [-0.2, -0.15) is 13.2 Å². The number of imide groups is 2. The van der Waals surface area contributed by atoms with Gasteiger partial charge in [0.25, 0.3) is 5.91 Å². The highest BCUT2D eigenvalue weighted by Crippen LogP contribution is 2.46. The SMILES string of the molecule is CCOC(=O)NC(=O)C1CC(CCOC(=O)NC(=O)C2CCSC2NC(=O)C2CN3C(CC(C)C2C2CCCCCCC2)NCC3c2ccc(C(F)(F)F)cc2)SC1NC(=O)c1ccc(Oc2ccc(F)cc2)cc1. The molecule has 10 unspecified atom stereocenters. The number of hydrogen-bond donors (Lipinski definition) is 5. The van der Waals surface area contributed by atoms with Crippen LogP contribution in [0.15, 0.2) is 72.8 Å². The van der Waals surface area contributed by atoms with Crippen molar-refractivity contribution in [2.45, 2.75) is 119 Å². The van der Waals surface area contributed by atoms with Gasteiger partial charge in [-0.15, -0.1) is 23.5 Å². The fraction of sp³-hybridized carbons (Fsp3) is 0.556. The summed E-state index contributed by atoms with van der Waals surface area (Å²) in [6.45, 7) is 4.64. The van der Waals surface area contributed by atoms with Crippen LogP contribution >= 0.6 is 23.5 Å². The summed E-state index contributed by atoms with van der Waals surface area (Å²) in [5, 5.41) is 12.6. The number of hydrogen-bond acceptors (Lipinski definition) is 13. The van der Waals surface area contributed by atoms with Crippen molar-refractivity contribution < 1.29 is 60.5 Å². The fourth-order valence-corrected chi connectivity index (χ4v) is 14.4. The van der Waals surface area contributed by atoms with E-state index in [0.29, 0.717) is 42.7 Å². The number of amides is 6. The van der Waals surface area contributed by atoms with Crippen LogP contribution in [0.3, 0.4) is 0 Å². The highest BCUT2D eigenvalue weighted by atomic mass is 32.2. The third kappa shape index (κ3) is 14.6. The minimum Gasteiger partial charge on any atom is -0.457 e. The molecule has 5 N–H and O–H groups in total. The number of carbonyl (C=O) groups excluding carboxylic acids is 6. The first-order chi connectivity index (χ1) is 36.0. The van der Waals surface area contributed by atoms with Gasteiger partial charge in [0.05, 0.1) is 53.4 Å². The molecular formula is C54H66F4N6O9S2. The first-order valence-corrected chi connectivity index (χ1v) is 28.1. The van der Waals surface area contributed by atoms with E-state index in [1.54, 1.807) is 19.1 Å². The van der Waals surface area contributed by atoms with E-state index in [1.807, 2.05) is 0 Å². The summed E-state index contributed by atoms with van der Waals surface area (Å²) in [6, 6.07) is 16.7. The van der Waals surface area contributed by atoms with Gasteiger partial charge in [0.15, 0.2) is 0 Å². The molecule has 10 atom stereocenters. The molecule has 4 aliphatic heterocycles. The van der Waals surface area contributed by atoms with Crippen LogP contribution in [0.4, 0.5) is 27.2 Å². The lowest BCUT2D eigenvalue weighted by Crippen LogP contribution is -2.50. The van der Waals surface area contributed by atoms with E-state index in [2.05, 4.69) is 38.4 Å². The molecule has 0 bridgehead atoms. The summed E-state index contributed by atoms with van der Waals surface area (Å²) in [5.41, 5.74) is 0.301. The van der Waals surface area contributed by atoms with E-state index in [4.69, 9.17) is 14.2 Å². The molecule has 3 aromatic carbocycles. The van der Waals surface area contributed by atoms with Gasteiger partial charge < -0.3 is 24.8 Å². The molecule has 1 saturated carbocycles. The van der Waals surface area contributed by atoms with Gasteiger partial charge >= 0.3 is 18.4 Å². The van der Waals surface area contributed by atoms with Crippen molar-refractivity contribution in [3.8, 4) is 11.5 Å². The summed E-state index contributed by atoms with van der Waals surface area (Å²) in [6.07, 6.45) is 2.91. The molecule has 21 heteroatoms. The Morgan fingerprint density at radius 1 is 0.733 bits per heavy atom. The number of thioether (sulfide) groups is 2. The topological polar surface area (TPSA) is 193 Å². The summed E-state index contributed by atoms with van der Waals surface area (Å²) in [7, 11) is 0. The lowest BCUT2D eigenvalue weighted by atomic mass is 9.69. The predicted octanol–water partition coefficient (Wildman–Crippen LogP) is 9.53. The lowest BCUT2D eigenvalue weighted by Gasteiger charge is -2.38. The van der Waals surface area contributed by atoms with E-state index in [-0.39, 0.29) is 66.8 Å². The molecule has 1 aliphatic carbocycles. The van der Waals surface area contributed by atoms with Crippen molar-refractivity contribution in [1.82, 2.24) is 31.5 Å². The first-order valence-electron chi connectivity index (χ1n) is 26.1. The van der Waals surface area contributed by atoms with Crippen LogP contribution in [0, 0.1) is 41.3 Å². The van der Waals surface area contributed by atoms with Gasteiger partial charge in [0.1, 0.15) is 17.3 Å². The van der Waals surface area contributed by atoms with E-state index in [9.17, 15) is 46.3 Å². The van der Waals surface area contributed by atoms with Crippen molar-refractivity contribution >= 4 is 59.3 Å². The highest BCUT2D eigenvalue weighted by Gasteiger charge is 2.49. The second-order valence-electron chi connectivity index (χ2n) is 20.2. The number of alkyl carbamates (subject to hydrolysis) is 2. The monoisotopic (exact) mass is 1080 g/mol. The molecule has 3 aromatic rings. The smallest absolute Gasteiger partial charge is 0.416 e. The quantitative estimate of drug-likeness (QED) is 0.0960. The van der Waals surface area contributed by atoms with Crippen LogP contribution in [0.5, 0.6) is 11.5 Å². The Kier molecular flexibility index (Phi) is 19.1. The average Bonchev–Trinajstić information content (AvgIpc) is 4.09. The summed E-state index contributed by atoms with van der Waals surface area (Å²) >= 11 is 2.71. The van der Waals surface area contributed by atoms with Crippen LogP contribution in [0.2, 0.25) is 0 Å². The Balaban J connectivity index is 0.871. The van der Waals surface area contributed by atoms with Crippen molar-refractivity contribution in [2.24, 2.45) is 35.5 Å². The number of rotatable bonds is 14. The second-order valence-corrected chi connectivity index (χ2v) is 22.8. The van der Waals surface area contributed by atoms with Gasteiger partial charge in [-0.1, -0.05) is 64.0 Å². The third-order valence-electron chi connectivity index (χ3n) is 15.2. The summed E-state index contributed by atoms with van der Waals surface area (Å²) in [5.74, 6) is -2.48. The maximum atomic E-state index is 14.9. The average molecular weight is 1080 g/mol. The summed E-state index contributed by atoms with van der Waals surface area (Å²) in [4.78, 5) is 83.1. The first kappa shape index (κ1) is 55.8. The molecule has 6 amide bonds. The van der Waals surface area contributed by atoms with E-state index >= 15 is 0 Å². The normalized spacial score (nSPS) is 27.4. The van der Waals surface area contributed by atoms with E-state index in [1.165, 1.54) is 78.5 Å². The summed E-state index contributed by atoms with van der Waals surface area (Å²) < 4.78 is 70.1. The van der Waals surface area contributed by atoms with Crippen LogP contribution in [-0.2, 0) is 30.0 Å². The predicted molar refractivity (Wildman–Crippen MR) is 275 cm³/mol. The van der Waals surface area contributed by atoms with Crippen molar-refractivity contribution in [2.75, 3.05) is 32.1 Å². The molecular weight excluding hydrogens is 1020 g/mol. The Labute approximate surface area is 442 Å².